The predicted octanol–water partition coefficient (Wildman–Crippen LogP) is 4.59. The van der Waals surface area contributed by atoms with Crippen LogP contribution in [0.4, 0.5) is 15.9 Å². The van der Waals surface area contributed by atoms with Crippen LogP contribution in [0.3, 0.4) is 0 Å². The third kappa shape index (κ3) is 3.95. The van der Waals surface area contributed by atoms with Gasteiger partial charge in [0.15, 0.2) is 11.5 Å². The number of nitrogens with zero attached hydrogens (tertiary/aromatic N) is 2. The summed E-state index contributed by atoms with van der Waals surface area (Å²) in [6.07, 6.45) is 2.40. The van der Waals surface area contributed by atoms with Crippen molar-refractivity contribution in [2.75, 3.05) is 32.2 Å². The van der Waals surface area contributed by atoms with Crippen molar-refractivity contribution in [1.82, 2.24) is 9.97 Å². The number of ether oxygens (including phenoxy) is 3. The van der Waals surface area contributed by atoms with Gasteiger partial charge in [0, 0.05) is 29.0 Å². The van der Waals surface area contributed by atoms with E-state index in [9.17, 15) is 4.39 Å². The van der Waals surface area contributed by atoms with E-state index in [1.54, 1.807) is 31.4 Å². The molecule has 1 atom stereocenters. The third-order valence-corrected chi connectivity index (χ3v) is 4.84. The predicted molar refractivity (Wildman–Crippen MR) is 105 cm³/mol. The zero-order valence-corrected chi connectivity index (χ0v) is 16.0. The van der Waals surface area contributed by atoms with Gasteiger partial charge in [-0.1, -0.05) is 11.6 Å². The number of hydrogen-bond donors (Lipinski definition) is 1. The summed E-state index contributed by atoms with van der Waals surface area (Å²) in [5.41, 5.74) is 0.926. The molecule has 1 aromatic heterocycles. The number of rotatable bonds is 6. The third-order valence-electron chi connectivity index (χ3n) is 4.60. The molecule has 1 aliphatic rings. The number of halogens is 2. The van der Waals surface area contributed by atoms with E-state index in [-0.39, 0.29) is 5.69 Å². The average molecular weight is 404 g/mol. The number of nitrogens with one attached hydrogen (secondary N) is 1. The van der Waals surface area contributed by atoms with Crippen LogP contribution in [0.2, 0.25) is 5.02 Å². The Bertz CT molecular complexity index is 996. The number of hydrogen-bond acceptors (Lipinski definition) is 6. The summed E-state index contributed by atoms with van der Waals surface area (Å²) in [6, 6.07) is 7.99. The molecule has 0 spiro atoms. The maximum Gasteiger partial charge on any atom is 0.163 e. The molecule has 0 radical (unpaired) electrons. The van der Waals surface area contributed by atoms with E-state index < -0.39 is 5.82 Å². The van der Waals surface area contributed by atoms with Gasteiger partial charge in [0.1, 0.15) is 18.0 Å². The maximum absolute atomic E-state index is 14.1. The van der Waals surface area contributed by atoms with E-state index in [1.807, 2.05) is 0 Å². The minimum atomic E-state index is -0.468. The molecule has 0 aliphatic carbocycles. The lowest BCUT2D eigenvalue weighted by Gasteiger charge is -2.15. The quantitative estimate of drug-likeness (QED) is 0.649. The van der Waals surface area contributed by atoms with Crippen molar-refractivity contribution >= 4 is 34.0 Å². The van der Waals surface area contributed by atoms with Gasteiger partial charge in [-0.25, -0.2) is 14.4 Å². The molecule has 1 aliphatic heterocycles. The van der Waals surface area contributed by atoms with Crippen molar-refractivity contribution in [1.29, 1.82) is 0 Å². The standard InChI is InChI=1S/C20H19ClFN3O3/c1-26-18-7-14-17(8-19(18)28-10-12-4-5-27-9-12)23-11-24-20(14)25-16-3-2-13(21)6-15(16)22/h2-3,6-8,11-12H,4-5,9-10H2,1H3,(H,23,24,25). The molecular weight excluding hydrogens is 385 g/mol. The molecule has 1 fully saturated rings. The zero-order chi connectivity index (χ0) is 19.5. The Morgan fingerprint density at radius 2 is 2.14 bits per heavy atom. The molecule has 1 saturated heterocycles. The summed E-state index contributed by atoms with van der Waals surface area (Å²) in [7, 11) is 1.57. The van der Waals surface area contributed by atoms with Crippen LogP contribution in [0.15, 0.2) is 36.7 Å². The van der Waals surface area contributed by atoms with Crippen molar-refractivity contribution in [3.8, 4) is 11.5 Å². The van der Waals surface area contributed by atoms with Crippen LogP contribution < -0.4 is 14.8 Å². The highest BCUT2D eigenvalue weighted by molar-refractivity contribution is 6.30. The van der Waals surface area contributed by atoms with Crippen LogP contribution in [0.1, 0.15) is 6.42 Å². The van der Waals surface area contributed by atoms with E-state index in [0.717, 1.165) is 13.0 Å². The molecule has 28 heavy (non-hydrogen) atoms. The summed E-state index contributed by atoms with van der Waals surface area (Å²) in [6.45, 7) is 2.03. The van der Waals surface area contributed by atoms with Crippen LogP contribution in [-0.2, 0) is 4.74 Å². The first kappa shape index (κ1) is 18.7. The molecule has 8 heteroatoms. The topological polar surface area (TPSA) is 65.5 Å². The Labute approximate surface area is 166 Å². The van der Waals surface area contributed by atoms with E-state index in [1.165, 1.54) is 12.4 Å². The largest absolute Gasteiger partial charge is 0.493 e. The molecule has 2 heterocycles. The number of benzene rings is 2. The minimum Gasteiger partial charge on any atom is -0.493 e. The highest BCUT2D eigenvalue weighted by Gasteiger charge is 2.18. The van der Waals surface area contributed by atoms with Gasteiger partial charge in [-0.05, 0) is 30.7 Å². The smallest absolute Gasteiger partial charge is 0.163 e. The van der Waals surface area contributed by atoms with Crippen LogP contribution in [-0.4, -0.2) is 36.9 Å². The van der Waals surface area contributed by atoms with Crippen LogP contribution in [0.5, 0.6) is 11.5 Å². The lowest BCUT2D eigenvalue weighted by Crippen LogP contribution is -2.12. The van der Waals surface area contributed by atoms with Crippen LogP contribution in [0, 0.1) is 11.7 Å². The fraction of sp³-hybridized carbons (Fsp3) is 0.300. The summed E-state index contributed by atoms with van der Waals surface area (Å²) < 4.78 is 31.0. The fourth-order valence-corrected chi connectivity index (χ4v) is 3.24. The zero-order valence-electron chi connectivity index (χ0n) is 15.2. The molecule has 0 bridgehead atoms. The van der Waals surface area contributed by atoms with Gasteiger partial charge < -0.3 is 19.5 Å². The molecule has 0 amide bonds. The van der Waals surface area contributed by atoms with E-state index in [0.29, 0.717) is 52.4 Å². The number of anilines is 2. The second kappa shape index (κ2) is 8.16. The Hall–Kier alpha value is -2.64. The van der Waals surface area contributed by atoms with Gasteiger partial charge in [-0.2, -0.15) is 0 Å². The number of aromatic nitrogens is 2. The number of methoxy groups -OCH3 is 1. The van der Waals surface area contributed by atoms with E-state index in [4.69, 9.17) is 25.8 Å². The second-order valence-corrected chi connectivity index (χ2v) is 6.97. The highest BCUT2D eigenvalue weighted by Crippen LogP contribution is 2.35. The molecule has 0 saturated carbocycles. The normalized spacial score (nSPS) is 16.3. The first-order valence-electron chi connectivity index (χ1n) is 8.89. The molecule has 1 N–H and O–H groups in total. The van der Waals surface area contributed by atoms with Crippen molar-refractivity contribution in [2.45, 2.75) is 6.42 Å². The van der Waals surface area contributed by atoms with Gasteiger partial charge in [0.2, 0.25) is 0 Å². The highest BCUT2D eigenvalue weighted by atomic mass is 35.5. The van der Waals surface area contributed by atoms with Crippen LogP contribution in [0.25, 0.3) is 10.9 Å². The summed E-state index contributed by atoms with van der Waals surface area (Å²) in [4.78, 5) is 8.55. The minimum absolute atomic E-state index is 0.268. The summed E-state index contributed by atoms with van der Waals surface area (Å²) in [5.74, 6) is 1.52. The lowest BCUT2D eigenvalue weighted by atomic mass is 10.1. The first-order valence-corrected chi connectivity index (χ1v) is 9.27. The molecule has 2 aromatic carbocycles. The van der Waals surface area contributed by atoms with Gasteiger partial charge in [-0.15, -0.1) is 0 Å². The summed E-state index contributed by atoms with van der Waals surface area (Å²) >= 11 is 5.82. The van der Waals surface area contributed by atoms with Gasteiger partial charge in [-0.3, -0.25) is 0 Å². The fourth-order valence-electron chi connectivity index (χ4n) is 3.08. The molecule has 1 unspecified atom stereocenters. The molecule has 6 nitrogen and oxygen atoms in total. The molecular formula is C20H19ClFN3O3. The summed E-state index contributed by atoms with van der Waals surface area (Å²) in [5, 5.41) is 4.00. The molecule has 146 valence electrons. The monoisotopic (exact) mass is 403 g/mol. The number of fused-ring (bicyclic) bond motifs is 1. The van der Waals surface area contributed by atoms with Crippen LogP contribution >= 0.6 is 11.6 Å². The molecule has 3 aromatic rings. The van der Waals surface area contributed by atoms with E-state index in [2.05, 4.69) is 15.3 Å². The van der Waals surface area contributed by atoms with Gasteiger partial charge in [0.25, 0.3) is 0 Å². The average Bonchev–Trinajstić information content (AvgIpc) is 3.21. The van der Waals surface area contributed by atoms with Crippen molar-refractivity contribution in [3.63, 3.8) is 0 Å². The Morgan fingerprint density at radius 1 is 1.25 bits per heavy atom. The van der Waals surface area contributed by atoms with Crippen molar-refractivity contribution < 1.29 is 18.6 Å². The SMILES string of the molecule is COc1cc2c(Nc3ccc(Cl)cc3F)ncnc2cc1OCC1CCOC1. The Kier molecular flexibility index (Phi) is 5.45. The maximum atomic E-state index is 14.1. The van der Waals surface area contributed by atoms with Crippen molar-refractivity contribution in [3.05, 3.63) is 47.5 Å². The Morgan fingerprint density at radius 3 is 2.89 bits per heavy atom. The van der Waals surface area contributed by atoms with Crippen molar-refractivity contribution in [2.24, 2.45) is 5.92 Å². The van der Waals surface area contributed by atoms with E-state index >= 15 is 0 Å². The first-order chi connectivity index (χ1) is 13.6. The second-order valence-electron chi connectivity index (χ2n) is 6.53. The Balaban J connectivity index is 1.65. The van der Waals surface area contributed by atoms with Gasteiger partial charge in [0.05, 0.1) is 31.5 Å². The molecule has 4 rings (SSSR count). The van der Waals surface area contributed by atoms with Gasteiger partial charge >= 0.3 is 0 Å². The lowest BCUT2D eigenvalue weighted by molar-refractivity contribution is 0.165.